The van der Waals surface area contributed by atoms with Crippen LogP contribution in [0.5, 0.6) is 0 Å². The van der Waals surface area contributed by atoms with Crippen LogP contribution in [0.2, 0.25) is 0 Å². The number of hydrogen-bond acceptors (Lipinski definition) is 2. The van der Waals surface area contributed by atoms with Gasteiger partial charge >= 0.3 is 0 Å². The van der Waals surface area contributed by atoms with Crippen molar-refractivity contribution in [3.05, 3.63) is 29.8 Å². The summed E-state index contributed by atoms with van der Waals surface area (Å²) in [6.07, 6.45) is 0.967. The van der Waals surface area contributed by atoms with Gasteiger partial charge in [0.1, 0.15) is 17.9 Å². The van der Waals surface area contributed by atoms with Crippen molar-refractivity contribution < 1.29 is 9.13 Å². The standard InChI is InChI=1S/C11H13FN2O/c1-2-6-15-7-10-13-9-5-3-4-8(12)11(9)14-10/h3-5H,2,6-7H2,1H3,(H,13,14). The van der Waals surface area contributed by atoms with E-state index in [1.165, 1.54) is 6.07 Å². The second-order valence-corrected chi connectivity index (χ2v) is 3.37. The molecule has 2 rings (SSSR count). The minimum Gasteiger partial charge on any atom is -0.374 e. The number of imidazole rings is 1. The molecular formula is C11H13FN2O. The Hall–Kier alpha value is -1.42. The number of aromatic amines is 1. The van der Waals surface area contributed by atoms with Crippen LogP contribution in [0.25, 0.3) is 11.0 Å². The average molecular weight is 208 g/mol. The molecule has 0 saturated carbocycles. The molecule has 0 aliphatic carbocycles. The van der Waals surface area contributed by atoms with Crippen LogP contribution in [0.4, 0.5) is 4.39 Å². The molecule has 0 saturated heterocycles. The molecule has 1 heterocycles. The number of benzene rings is 1. The number of rotatable bonds is 4. The Kier molecular flexibility index (Phi) is 2.97. The molecule has 15 heavy (non-hydrogen) atoms. The SMILES string of the molecule is CCCOCc1nc2c(F)cccc2[nH]1. The monoisotopic (exact) mass is 208 g/mol. The number of halogens is 1. The van der Waals surface area contributed by atoms with E-state index < -0.39 is 0 Å². The predicted molar refractivity (Wildman–Crippen MR) is 56.0 cm³/mol. The van der Waals surface area contributed by atoms with Crippen molar-refractivity contribution in [3.8, 4) is 0 Å². The molecule has 0 fully saturated rings. The third-order valence-electron chi connectivity index (χ3n) is 2.10. The Labute approximate surface area is 87.3 Å². The molecule has 0 amide bonds. The minimum absolute atomic E-state index is 0.300. The molecular weight excluding hydrogens is 195 g/mol. The number of para-hydroxylation sites is 1. The first kappa shape index (κ1) is 10.1. The third kappa shape index (κ3) is 2.15. The normalized spacial score (nSPS) is 11.1. The van der Waals surface area contributed by atoms with E-state index in [9.17, 15) is 4.39 Å². The molecule has 0 unspecified atom stereocenters. The maximum absolute atomic E-state index is 13.3. The lowest BCUT2D eigenvalue weighted by molar-refractivity contribution is 0.117. The lowest BCUT2D eigenvalue weighted by atomic mass is 10.3. The number of fused-ring (bicyclic) bond motifs is 1. The summed E-state index contributed by atoms with van der Waals surface area (Å²) >= 11 is 0. The van der Waals surface area contributed by atoms with Gasteiger partial charge < -0.3 is 9.72 Å². The molecule has 80 valence electrons. The van der Waals surface area contributed by atoms with E-state index in [1.54, 1.807) is 12.1 Å². The highest BCUT2D eigenvalue weighted by Gasteiger charge is 2.06. The largest absolute Gasteiger partial charge is 0.374 e. The second-order valence-electron chi connectivity index (χ2n) is 3.37. The van der Waals surface area contributed by atoms with Crippen molar-refractivity contribution in [1.29, 1.82) is 0 Å². The smallest absolute Gasteiger partial charge is 0.151 e. The van der Waals surface area contributed by atoms with Gasteiger partial charge in [0, 0.05) is 6.61 Å². The summed E-state index contributed by atoms with van der Waals surface area (Å²) < 4.78 is 18.6. The van der Waals surface area contributed by atoms with Crippen LogP contribution in [0.3, 0.4) is 0 Å². The first-order valence-electron chi connectivity index (χ1n) is 5.02. The van der Waals surface area contributed by atoms with Crippen molar-refractivity contribution in [2.45, 2.75) is 20.0 Å². The zero-order valence-corrected chi connectivity index (χ0v) is 8.59. The van der Waals surface area contributed by atoms with Crippen LogP contribution in [-0.4, -0.2) is 16.6 Å². The molecule has 0 spiro atoms. The third-order valence-corrected chi connectivity index (χ3v) is 2.10. The maximum Gasteiger partial charge on any atom is 0.151 e. The van der Waals surface area contributed by atoms with Gasteiger partial charge in [-0.1, -0.05) is 13.0 Å². The number of aromatic nitrogens is 2. The van der Waals surface area contributed by atoms with Gasteiger partial charge in [0.2, 0.25) is 0 Å². The summed E-state index contributed by atoms with van der Waals surface area (Å²) in [5.74, 6) is 0.369. The molecule has 0 atom stereocenters. The molecule has 4 heteroatoms. The quantitative estimate of drug-likeness (QED) is 0.784. The first-order chi connectivity index (χ1) is 7.31. The van der Waals surface area contributed by atoms with Crippen LogP contribution in [0.15, 0.2) is 18.2 Å². The molecule has 2 aromatic rings. The summed E-state index contributed by atoms with van der Waals surface area (Å²) in [4.78, 5) is 7.15. The van der Waals surface area contributed by atoms with Gasteiger partial charge in [-0.3, -0.25) is 0 Å². The summed E-state index contributed by atoms with van der Waals surface area (Å²) in [7, 11) is 0. The molecule has 0 aliphatic heterocycles. The fourth-order valence-corrected chi connectivity index (χ4v) is 1.43. The maximum atomic E-state index is 13.3. The van der Waals surface area contributed by atoms with Gasteiger partial charge in [0.25, 0.3) is 0 Å². The van der Waals surface area contributed by atoms with E-state index in [2.05, 4.69) is 9.97 Å². The number of nitrogens with zero attached hydrogens (tertiary/aromatic N) is 1. The topological polar surface area (TPSA) is 37.9 Å². The Morgan fingerprint density at radius 2 is 2.33 bits per heavy atom. The van der Waals surface area contributed by atoms with Crippen molar-refractivity contribution >= 4 is 11.0 Å². The number of H-pyrrole nitrogens is 1. The van der Waals surface area contributed by atoms with Gasteiger partial charge in [-0.05, 0) is 18.6 Å². The van der Waals surface area contributed by atoms with Crippen LogP contribution in [0, 0.1) is 5.82 Å². The average Bonchev–Trinajstić information content (AvgIpc) is 2.63. The van der Waals surface area contributed by atoms with Gasteiger partial charge in [-0.15, -0.1) is 0 Å². The molecule has 0 aliphatic rings. The molecule has 0 bridgehead atoms. The van der Waals surface area contributed by atoms with Gasteiger partial charge in [-0.25, -0.2) is 9.37 Å². The predicted octanol–water partition coefficient (Wildman–Crippen LogP) is 2.63. The van der Waals surface area contributed by atoms with Gasteiger partial charge in [0.15, 0.2) is 5.82 Å². The minimum atomic E-state index is -0.300. The zero-order chi connectivity index (χ0) is 10.7. The van der Waals surface area contributed by atoms with Crippen molar-refractivity contribution in [3.63, 3.8) is 0 Å². The molecule has 3 nitrogen and oxygen atoms in total. The van der Waals surface area contributed by atoms with Gasteiger partial charge in [0.05, 0.1) is 5.52 Å². The summed E-state index contributed by atoms with van der Waals surface area (Å²) in [5, 5.41) is 0. The summed E-state index contributed by atoms with van der Waals surface area (Å²) in [6, 6.07) is 4.86. The fourth-order valence-electron chi connectivity index (χ4n) is 1.43. The lowest BCUT2D eigenvalue weighted by Crippen LogP contribution is -1.95. The molecule has 1 aromatic carbocycles. The van der Waals surface area contributed by atoms with E-state index >= 15 is 0 Å². The van der Waals surface area contributed by atoms with Crippen LogP contribution >= 0.6 is 0 Å². The van der Waals surface area contributed by atoms with Crippen LogP contribution in [0.1, 0.15) is 19.2 Å². The Bertz CT molecular complexity index is 453. The van der Waals surface area contributed by atoms with Crippen LogP contribution in [-0.2, 0) is 11.3 Å². The van der Waals surface area contributed by atoms with E-state index in [-0.39, 0.29) is 5.82 Å². The van der Waals surface area contributed by atoms with Crippen molar-refractivity contribution in [1.82, 2.24) is 9.97 Å². The second kappa shape index (κ2) is 4.40. The van der Waals surface area contributed by atoms with E-state index in [1.807, 2.05) is 6.92 Å². The van der Waals surface area contributed by atoms with Crippen LogP contribution < -0.4 is 0 Å². The zero-order valence-electron chi connectivity index (χ0n) is 8.59. The highest BCUT2D eigenvalue weighted by Crippen LogP contribution is 2.15. The fraction of sp³-hybridized carbons (Fsp3) is 0.364. The highest BCUT2D eigenvalue weighted by molar-refractivity contribution is 5.75. The highest BCUT2D eigenvalue weighted by atomic mass is 19.1. The lowest BCUT2D eigenvalue weighted by Gasteiger charge is -1.97. The van der Waals surface area contributed by atoms with Gasteiger partial charge in [-0.2, -0.15) is 0 Å². The van der Waals surface area contributed by atoms with Crippen molar-refractivity contribution in [2.75, 3.05) is 6.61 Å². The molecule has 1 N–H and O–H groups in total. The van der Waals surface area contributed by atoms with E-state index in [4.69, 9.17) is 4.74 Å². The first-order valence-corrected chi connectivity index (χ1v) is 5.02. The summed E-state index contributed by atoms with van der Waals surface area (Å²) in [5.41, 5.74) is 1.10. The Morgan fingerprint density at radius 3 is 3.07 bits per heavy atom. The Morgan fingerprint density at radius 1 is 1.47 bits per heavy atom. The van der Waals surface area contributed by atoms with Crippen molar-refractivity contribution in [2.24, 2.45) is 0 Å². The number of ether oxygens (including phenoxy) is 1. The number of hydrogen-bond donors (Lipinski definition) is 1. The summed E-state index contributed by atoms with van der Waals surface area (Å²) in [6.45, 7) is 3.14. The molecule has 1 aromatic heterocycles. The van der Waals surface area contributed by atoms with E-state index in [0.29, 0.717) is 30.1 Å². The van der Waals surface area contributed by atoms with E-state index in [0.717, 1.165) is 6.42 Å². The molecule has 0 radical (unpaired) electrons. The number of nitrogens with one attached hydrogen (secondary N) is 1. The Balaban J connectivity index is 2.20.